The van der Waals surface area contributed by atoms with Gasteiger partial charge in [-0.3, -0.25) is 19.4 Å². The number of amides is 3. The number of benzene rings is 2. The van der Waals surface area contributed by atoms with Crippen LogP contribution in [0.15, 0.2) is 66.9 Å². The van der Waals surface area contributed by atoms with Gasteiger partial charge in [0.25, 0.3) is 5.91 Å². The van der Waals surface area contributed by atoms with E-state index in [0.29, 0.717) is 25.1 Å². The van der Waals surface area contributed by atoms with Crippen LogP contribution in [0.1, 0.15) is 58.9 Å². The second-order valence-corrected chi connectivity index (χ2v) is 9.74. The fourth-order valence-corrected chi connectivity index (χ4v) is 5.00. The molecule has 3 aromatic rings. The van der Waals surface area contributed by atoms with Crippen LogP contribution in [0.4, 0.5) is 10.1 Å². The van der Waals surface area contributed by atoms with Crippen molar-refractivity contribution in [2.24, 2.45) is 11.1 Å². The molecular formula is C28H27FN4O3. The molecule has 1 atom stereocenters. The number of rotatable bonds is 5. The lowest BCUT2D eigenvalue weighted by Gasteiger charge is -2.40. The largest absolute Gasteiger partial charge is 0.366 e. The summed E-state index contributed by atoms with van der Waals surface area (Å²) in [6, 6.07) is 16.7. The zero-order valence-electron chi connectivity index (χ0n) is 19.7. The van der Waals surface area contributed by atoms with Crippen LogP contribution < -0.4 is 11.1 Å². The predicted molar refractivity (Wildman–Crippen MR) is 132 cm³/mol. The molecule has 3 N–H and O–H groups in total. The lowest BCUT2D eigenvalue weighted by Crippen LogP contribution is -2.47. The van der Waals surface area contributed by atoms with Crippen LogP contribution in [-0.2, 0) is 16.0 Å². The van der Waals surface area contributed by atoms with E-state index in [4.69, 9.17) is 5.73 Å². The summed E-state index contributed by atoms with van der Waals surface area (Å²) >= 11 is 0. The Morgan fingerprint density at radius 1 is 1.06 bits per heavy atom. The standard InChI is InChI=1S/C28H27FN4O3/c29-20-8-6-19(7-9-20)24-10-11-28(12-13-28)17-33(24)27(36)26(35)32-21-15-22(25(30)34)23(31-16-21)14-18-4-2-1-3-5-18/h1-9,15-16,24H,10-14,17H2,(H2,30,34)(H,32,35). The van der Waals surface area contributed by atoms with Crippen molar-refractivity contribution in [1.82, 2.24) is 9.88 Å². The minimum Gasteiger partial charge on any atom is -0.366 e. The highest BCUT2D eigenvalue weighted by atomic mass is 19.1. The van der Waals surface area contributed by atoms with Gasteiger partial charge in [-0.05, 0) is 60.4 Å². The summed E-state index contributed by atoms with van der Waals surface area (Å²) in [5, 5.41) is 2.59. The SMILES string of the molecule is NC(=O)c1cc(NC(=O)C(=O)N2CC3(CCC2c2ccc(F)cc2)CC3)cnc1Cc1ccccc1. The first-order valence-electron chi connectivity index (χ1n) is 12.0. The number of nitrogens with two attached hydrogens (primary N) is 1. The van der Waals surface area contributed by atoms with E-state index >= 15 is 0 Å². The molecule has 7 nitrogen and oxygen atoms in total. The number of hydrogen-bond acceptors (Lipinski definition) is 4. The number of nitrogens with one attached hydrogen (secondary N) is 1. The van der Waals surface area contributed by atoms with Crippen molar-refractivity contribution in [2.45, 2.75) is 38.1 Å². The molecular weight excluding hydrogens is 459 g/mol. The van der Waals surface area contributed by atoms with Crippen molar-refractivity contribution in [3.63, 3.8) is 0 Å². The fourth-order valence-electron chi connectivity index (χ4n) is 5.00. The molecule has 184 valence electrons. The molecule has 8 heteroatoms. The first-order chi connectivity index (χ1) is 17.3. The molecule has 2 aliphatic rings. The predicted octanol–water partition coefficient (Wildman–Crippen LogP) is 3.99. The molecule has 0 radical (unpaired) electrons. The van der Waals surface area contributed by atoms with Gasteiger partial charge in [0, 0.05) is 13.0 Å². The Morgan fingerprint density at radius 2 is 1.78 bits per heavy atom. The lowest BCUT2D eigenvalue weighted by molar-refractivity contribution is -0.147. The number of anilines is 1. The lowest BCUT2D eigenvalue weighted by atomic mass is 9.86. The van der Waals surface area contributed by atoms with Gasteiger partial charge in [-0.2, -0.15) is 0 Å². The first kappa shape index (κ1) is 23.7. The Kier molecular flexibility index (Phi) is 6.26. The van der Waals surface area contributed by atoms with Gasteiger partial charge in [0.1, 0.15) is 5.82 Å². The molecule has 1 unspecified atom stereocenters. The van der Waals surface area contributed by atoms with Crippen molar-refractivity contribution in [1.29, 1.82) is 0 Å². The minimum absolute atomic E-state index is 0.0756. The van der Waals surface area contributed by atoms with Crippen molar-refractivity contribution in [3.8, 4) is 0 Å². The van der Waals surface area contributed by atoms with E-state index in [1.807, 2.05) is 30.3 Å². The van der Waals surface area contributed by atoms with Crippen molar-refractivity contribution in [3.05, 3.63) is 95.1 Å². The number of halogens is 1. The van der Waals surface area contributed by atoms with E-state index in [1.165, 1.54) is 24.4 Å². The number of nitrogens with zero attached hydrogens (tertiary/aromatic N) is 2. The van der Waals surface area contributed by atoms with Crippen LogP contribution in [0.3, 0.4) is 0 Å². The van der Waals surface area contributed by atoms with Gasteiger partial charge in [0.15, 0.2) is 0 Å². The van der Waals surface area contributed by atoms with E-state index < -0.39 is 17.7 Å². The number of hydrogen-bond donors (Lipinski definition) is 2. The molecule has 2 heterocycles. The Bertz CT molecular complexity index is 1310. The number of likely N-dealkylation sites (tertiary alicyclic amines) is 1. The number of aromatic nitrogens is 1. The van der Waals surface area contributed by atoms with Gasteiger partial charge in [-0.1, -0.05) is 42.5 Å². The molecule has 0 bridgehead atoms. The second-order valence-electron chi connectivity index (χ2n) is 9.74. The summed E-state index contributed by atoms with van der Waals surface area (Å²) < 4.78 is 13.5. The molecule has 1 aliphatic carbocycles. The highest BCUT2D eigenvalue weighted by Gasteiger charge is 2.50. The van der Waals surface area contributed by atoms with Crippen LogP contribution in [0.2, 0.25) is 0 Å². The van der Waals surface area contributed by atoms with Gasteiger partial charge < -0.3 is 16.0 Å². The van der Waals surface area contributed by atoms with Crippen molar-refractivity contribution in [2.75, 3.05) is 11.9 Å². The van der Waals surface area contributed by atoms with Gasteiger partial charge >= 0.3 is 11.8 Å². The molecule has 3 amide bonds. The minimum atomic E-state index is -0.812. The second kappa shape index (κ2) is 9.53. The van der Waals surface area contributed by atoms with Crippen LogP contribution in [0.25, 0.3) is 0 Å². The molecule has 1 saturated carbocycles. The summed E-state index contributed by atoms with van der Waals surface area (Å²) in [7, 11) is 0. The van der Waals surface area contributed by atoms with Gasteiger partial charge in [-0.15, -0.1) is 0 Å². The van der Waals surface area contributed by atoms with E-state index in [0.717, 1.165) is 30.4 Å². The molecule has 2 fully saturated rings. The van der Waals surface area contributed by atoms with Gasteiger partial charge in [0.05, 0.1) is 29.2 Å². The Balaban J connectivity index is 1.35. The first-order valence-corrected chi connectivity index (χ1v) is 12.0. The van der Waals surface area contributed by atoms with Crippen LogP contribution in [-0.4, -0.2) is 34.2 Å². The van der Waals surface area contributed by atoms with Crippen LogP contribution in [0.5, 0.6) is 0 Å². The smallest absolute Gasteiger partial charge is 0.313 e. The third-order valence-electron chi connectivity index (χ3n) is 7.21. The highest BCUT2D eigenvalue weighted by Crippen LogP contribution is 2.55. The average molecular weight is 487 g/mol. The number of pyridine rings is 1. The number of carbonyl (C=O) groups excluding carboxylic acids is 3. The molecule has 2 aromatic carbocycles. The van der Waals surface area contributed by atoms with Crippen molar-refractivity contribution >= 4 is 23.4 Å². The third kappa shape index (κ3) is 4.98. The summed E-state index contributed by atoms with van der Waals surface area (Å²) in [6.45, 7) is 0.488. The number of carbonyl (C=O) groups is 3. The maximum Gasteiger partial charge on any atom is 0.313 e. The number of piperidine rings is 1. The quantitative estimate of drug-likeness (QED) is 0.532. The summed E-state index contributed by atoms with van der Waals surface area (Å²) in [6.07, 6.45) is 5.57. The van der Waals surface area contributed by atoms with E-state index in [-0.39, 0.29) is 28.5 Å². The highest BCUT2D eigenvalue weighted by molar-refractivity contribution is 6.39. The molecule has 1 spiro atoms. The molecule has 36 heavy (non-hydrogen) atoms. The number of primary amides is 1. The van der Waals surface area contributed by atoms with Gasteiger partial charge in [-0.25, -0.2) is 4.39 Å². The molecule has 1 aromatic heterocycles. The van der Waals surface area contributed by atoms with Gasteiger partial charge in [0.2, 0.25) is 0 Å². The molecule has 1 saturated heterocycles. The maximum atomic E-state index is 13.5. The zero-order chi connectivity index (χ0) is 25.3. The Labute approximate surface area is 208 Å². The Hall–Kier alpha value is -4.07. The topological polar surface area (TPSA) is 105 Å². The van der Waals surface area contributed by atoms with Crippen LogP contribution in [0, 0.1) is 11.2 Å². The summed E-state index contributed by atoms with van der Waals surface area (Å²) in [5.41, 5.74) is 8.31. The average Bonchev–Trinajstić information content (AvgIpc) is 3.64. The molecule has 1 aliphatic heterocycles. The normalized spacial score (nSPS) is 18.0. The Morgan fingerprint density at radius 3 is 2.44 bits per heavy atom. The van der Waals surface area contributed by atoms with E-state index in [9.17, 15) is 18.8 Å². The summed E-state index contributed by atoms with van der Waals surface area (Å²) in [4.78, 5) is 44.4. The maximum absolute atomic E-state index is 13.5. The summed E-state index contributed by atoms with van der Waals surface area (Å²) in [5.74, 6) is -2.49. The third-order valence-corrected chi connectivity index (χ3v) is 7.21. The van der Waals surface area contributed by atoms with E-state index in [2.05, 4.69) is 10.3 Å². The monoisotopic (exact) mass is 486 g/mol. The zero-order valence-corrected chi connectivity index (χ0v) is 19.7. The van der Waals surface area contributed by atoms with Crippen molar-refractivity contribution < 1.29 is 18.8 Å². The van der Waals surface area contributed by atoms with Crippen LogP contribution >= 0.6 is 0 Å². The van der Waals surface area contributed by atoms with E-state index in [1.54, 1.807) is 17.0 Å². The molecule has 5 rings (SSSR count). The fraction of sp³-hybridized carbons (Fsp3) is 0.286.